The van der Waals surface area contributed by atoms with Crippen molar-refractivity contribution in [2.45, 2.75) is 33.1 Å². The Kier molecular flexibility index (Phi) is 6.42. The van der Waals surface area contributed by atoms with Gasteiger partial charge >= 0.3 is 0 Å². The molecule has 3 nitrogen and oxygen atoms in total. The molecule has 0 saturated carbocycles. The molecule has 0 amide bonds. The molecule has 0 saturated heterocycles. The van der Waals surface area contributed by atoms with E-state index < -0.39 is 0 Å². The van der Waals surface area contributed by atoms with E-state index in [0.717, 1.165) is 36.1 Å². The second kappa shape index (κ2) is 7.63. The van der Waals surface area contributed by atoms with E-state index in [-0.39, 0.29) is 0 Å². The SMILES string of the molecule is CCNCc1cnc(CSCC(C)C)nc1. The molecule has 1 rings (SSSR count). The molecule has 0 spiro atoms. The van der Waals surface area contributed by atoms with Gasteiger partial charge in [0.2, 0.25) is 0 Å². The van der Waals surface area contributed by atoms with Crippen molar-refractivity contribution in [3.63, 3.8) is 0 Å². The summed E-state index contributed by atoms with van der Waals surface area (Å²) in [5.74, 6) is 3.76. The van der Waals surface area contributed by atoms with E-state index in [9.17, 15) is 0 Å². The Morgan fingerprint density at radius 1 is 1.31 bits per heavy atom. The van der Waals surface area contributed by atoms with E-state index in [1.54, 1.807) is 0 Å². The molecule has 0 atom stereocenters. The van der Waals surface area contributed by atoms with Crippen LogP contribution >= 0.6 is 11.8 Å². The highest BCUT2D eigenvalue weighted by atomic mass is 32.2. The van der Waals surface area contributed by atoms with Crippen molar-refractivity contribution in [1.29, 1.82) is 0 Å². The lowest BCUT2D eigenvalue weighted by molar-refractivity contribution is 0.719. The molecule has 1 aromatic heterocycles. The maximum Gasteiger partial charge on any atom is 0.138 e. The van der Waals surface area contributed by atoms with Crippen LogP contribution in [0.25, 0.3) is 0 Å². The fourth-order valence-electron chi connectivity index (χ4n) is 1.20. The van der Waals surface area contributed by atoms with E-state index in [1.165, 1.54) is 5.75 Å². The van der Waals surface area contributed by atoms with Crippen molar-refractivity contribution < 1.29 is 0 Å². The monoisotopic (exact) mass is 239 g/mol. The second-order valence-electron chi connectivity index (χ2n) is 4.20. The Labute approximate surface area is 102 Å². The molecule has 0 unspecified atom stereocenters. The Balaban J connectivity index is 2.33. The highest BCUT2D eigenvalue weighted by Gasteiger charge is 1.99. The van der Waals surface area contributed by atoms with E-state index in [1.807, 2.05) is 24.2 Å². The topological polar surface area (TPSA) is 37.8 Å². The molecule has 1 heterocycles. The molecule has 0 aliphatic heterocycles. The fourth-order valence-corrected chi connectivity index (χ4v) is 2.12. The van der Waals surface area contributed by atoms with Gasteiger partial charge in [-0.25, -0.2) is 9.97 Å². The van der Waals surface area contributed by atoms with Gasteiger partial charge in [0.15, 0.2) is 0 Å². The lowest BCUT2D eigenvalue weighted by atomic mass is 10.3. The summed E-state index contributed by atoms with van der Waals surface area (Å²) in [7, 11) is 0. The molecule has 90 valence electrons. The summed E-state index contributed by atoms with van der Waals surface area (Å²) in [6.45, 7) is 8.39. The number of aromatic nitrogens is 2. The maximum atomic E-state index is 4.36. The summed E-state index contributed by atoms with van der Waals surface area (Å²) in [5, 5.41) is 3.26. The van der Waals surface area contributed by atoms with Crippen LogP contribution in [0.2, 0.25) is 0 Å². The second-order valence-corrected chi connectivity index (χ2v) is 5.23. The van der Waals surface area contributed by atoms with Gasteiger partial charge in [-0.2, -0.15) is 11.8 Å². The average Bonchev–Trinajstić information content (AvgIpc) is 2.27. The van der Waals surface area contributed by atoms with Crippen molar-refractivity contribution in [3.8, 4) is 0 Å². The Hall–Kier alpha value is -0.610. The van der Waals surface area contributed by atoms with E-state index >= 15 is 0 Å². The van der Waals surface area contributed by atoms with E-state index in [2.05, 4.69) is 36.1 Å². The van der Waals surface area contributed by atoms with Gasteiger partial charge in [-0.3, -0.25) is 0 Å². The highest BCUT2D eigenvalue weighted by molar-refractivity contribution is 7.98. The van der Waals surface area contributed by atoms with Gasteiger partial charge in [-0.1, -0.05) is 20.8 Å². The summed E-state index contributed by atoms with van der Waals surface area (Å²) in [4.78, 5) is 8.71. The largest absolute Gasteiger partial charge is 0.313 e. The van der Waals surface area contributed by atoms with Crippen LogP contribution in [0.3, 0.4) is 0 Å². The van der Waals surface area contributed by atoms with Crippen LogP contribution in [0, 0.1) is 5.92 Å². The lowest BCUT2D eigenvalue weighted by Gasteiger charge is -2.04. The molecule has 1 N–H and O–H groups in total. The first-order valence-corrected chi connectivity index (χ1v) is 6.96. The normalized spacial score (nSPS) is 11.0. The molecule has 0 aromatic carbocycles. The standard InChI is InChI=1S/C12H21N3S/c1-4-13-5-11-6-14-12(15-7-11)9-16-8-10(2)3/h6-7,10,13H,4-5,8-9H2,1-3H3. The van der Waals surface area contributed by atoms with Crippen LogP contribution < -0.4 is 5.32 Å². The Morgan fingerprint density at radius 2 is 2.00 bits per heavy atom. The zero-order valence-electron chi connectivity index (χ0n) is 10.4. The van der Waals surface area contributed by atoms with Crippen molar-refractivity contribution in [1.82, 2.24) is 15.3 Å². The van der Waals surface area contributed by atoms with Crippen LogP contribution in [0.15, 0.2) is 12.4 Å². The van der Waals surface area contributed by atoms with Crippen molar-refractivity contribution in [2.24, 2.45) is 5.92 Å². The summed E-state index contributed by atoms with van der Waals surface area (Å²) >= 11 is 1.90. The number of thioether (sulfide) groups is 1. The zero-order valence-corrected chi connectivity index (χ0v) is 11.2. The molecule has 0 radical (unpaired) electrons. The highest BCUT2D eigenvalue weighted by Crippen LogP contribution is 2.12. The number of nitrogens with zero attached hydrogens (tertiary/aromatic N) is 2. The number of hydrogen-bond donors (Lipinski definition) is 1. The molecule has 0 fully saturated rings. The maximum absolute atomic E-state index is 4.36. The summed E-state index contributed by atoms with van der Waals surface area (Å²) in [5.41, 5.74) is 1.15. The van der Waals surface area contributed by atoms with Gasteiger partial charge in [0, 0.05) is 24.5 Å². The van der Waals surface area contributed by atoms with Crippen molar-refractivity contribution in [2.75, 3.05) is 12.3 Å². The smallest absolute Gasteiger partial charge is 0.138 e. The van der Waals surface area contributed by atoms with Gasteiger partial charge < -0.3 is 5.32 Å². The van der Waals surface area contributed by atoms with Gasteiger partial charge in [-0.15, -0.1) is 0 Å². The minimum absolute atomic E-state index is 0.734. The average molecular weight is 239 g/mol. The lowest BCUT2D eigenvalue weighted by Crippen LogP contribution is -2.12. The molecule has 0 bridgehead atoms. The predicted molar refractivity (Wildman–Crippen MR) is 70.4 cm³/mol. The van der Waals surface area contributed by atoms with Crippen LogP contribution in [0.4, 0.5) is 0 Å². The molecule has 0 aliphatic rings. The third-order valence-corrected chi connectivity index (χ3v) is 3.38. The quantitative estimate of drug-likeness (QED) is 0.793. The predicted octanol–water partition coefficient (Wildman–Crippen LogP) is 2.48. The number of nitrogens with one attached hydrogen (secondary N) is 1. The van der Waals surface area contributed by atoms with Gasteiger partial charge in [0.05, 0.1) is 5.75 Å². The third-order valence-electron chi connectivity index (χ3n) is 2.02. The minimum Gasteiger partial charge on any atom is -0.313 e. The molecule has 0 aliphatic carbocycles. The zero-order chi connectivity index (χ0) is 11.8. The van der Waals surface area contributed by atoms with E-state index in [0.29, 0.717) is 0 Å². The van der Waals surface area contributed by atoms with E-state index in [4.69, 9.17) is 0 Å². The summed E-state index contributed by atoms with van der Waals surface area (Å²) < 4.78 is 0. The third kappa shape index (κ3) is 5.47. The number of rotatable bonds is 7. The molecule has 16 heavy (non-hydrogen) atoms. The Bertz CT molecular complexity index is 285. The van der Waals surface area contributed by atoms with Crippen LogP contribution in [-0.4, -0.2) is 22.3 Å². The first-order chi connectivity index (χ1) is 7.72. The van der Waals surface area contributed by atoms with Gasteiger partial charge in [-0.05, 0) is 18.2 Å². The van der Waals surface area contributed by atoms with Crippen LogP contribution in [-0.2, 0) is 12.3 Å². The molecule has 4 heteroatoms. The van der Waals surface area contributed by atoms with Gasteiger partial charge in [0.25, 0.3) is 0 Å². The minimum atomic E-state index is 0.734. The Morgan fingerprint density at radius 3 is 2.56 bits per heavy atom. The first-order valence-electron chi connectivity index (χ1n) is 5.80. The van der Waals surface area contributed by atoms with Crippen LogP contribution in [0.1, 0.15) is 32.2 Å². The summed E-state index contributed by atoms with van der Waals surface area (Å²) in [6, 6.07) is 0. The molecule has 1 aromatic rings. The van der Waals surface area contributed by atoms with Crippen molar-refractivity contribution in [3.05, 3.63) is 23.8 Å². The molecular formula is C12H21N3S. The van der Waals surface area contributed by atoms with Crippen LogP contribution in [0.5, 0.6) is 0 Å². The first kappa shape index (κ1) is 13.5. The molecular weight excluding hydrogens is 218 g/mol. The fraction of sp³-hybridized carbons (Fsp3) is 0.667. The summed E-state index contributed by atoms with van der Waals surface area (Å²) in [6.07, 6.45) is 3.84. The number of hydrogen-bond acceptors (Lipinski definition) is 4. The van der Waals surface area contributed by atoms with Crippen molar-refractivity contribution >= 4 is 11.8 Å². The van der Waals surface area contributed by atoms with Gasteiger partial charge in [0.1, 0.15) is 5.82 Å².